The van der Waals surface area contributed by atoms with E-state index in [-0.39, 0.29) is 11.7 Å². The van der Waals surface area contributed by atoms with Gasteiger partial charge in [0.25, 0.3) is 0 Å². The van der Waals surface area contributed by atoms with Gasteiger partial charge in [-0.25, -0.2) is 4.79 Å². The number of hydrogen-bond acceptors (Lipinski definition) is 2. The second kappa shape index (κ2) is 4.23. The van der Waals surface area contributed by atoms with Crippen molar-refractivity contribution in [3.63, 3.8) is 0 Å². The molecule has 3 heteroatoms. The summed E-state index contributed by atoms with van der Waals surface area (Å²) in [5.41, 5.74) is 4.61. The number of quaternary nitrogens is 1. The normalized spacial score (nSPS) is 12.8. The minimum Gasteiger partial charge on any atom is -0.421 e. The Kier molecular flexibility index (Phi) is 3.25. The molecule has 72 valence electrons. The van der Waals surface area contributed by atoms with E-state index in [0.717, 1.165) is 18.4 Å². The Hall–Kier alpha value is -1.09. The molecule has 3 N–H and O–H groups in total. The molecule has 0 fully saturated rings. The molecule has 0 aromatic carbocycles. The molecule has 0 bridgehead atoms. The summed E-state index contributed by atoms with van der Waals surface area (Å²) in [5, 5.41) is 0. The summed E-state index contributed by atoms with van der Waals surface area (Å²) in [7, 11) is 0. The third-order valence-corrected chi connectivity index (χ3v) is 1.97. The van der Waals surface area contributed by atoms with Crippen molar-refractivity contribution >= 4 is 0 Å². The predicted octanol–water partition coefficient (Wildman–Crippen LogP) is 1.03. The van der Waals surface area contributed by atoms with Crippen LogP contribution < -0.4 is 11.4 Å². The van der Waals surface area contributed by atoms with Crippen LogP contribution in [0.4, 0.5) is 0 Å². The van der Waals surface area contributed by atoms with Crippen molar-refractivity contribution in [2.45, 2.75) is 32.7 Å². The van der Waals surface area contributed by atoms with Crippen LogP contribution in [0.1, 0.15) is 37.1 Å². The number of aryl methyl sites for hydroxylation is 1. The van der Waals surface area contributed by atoms with E-state index >= 15 is 0 Å². The van der Waals surface area contributed by atoms with Crippen LogP contribution in [-0.4, -0.2) is 0 Å². The molecule has 0 aliphatic rings. The minimum atomic E-state index is -0.278. The highest BCUT2D eigenvalue weighted by molar-refractivity contribution is 5.12. The summed E-state index contributed by atoms with van der Waals surface area (Å²) >= 11 is 0. The molecule has 1 aromatic rings. The quantitative estimate of drug-likeness (QED) is 0.759. The van der Waals surface area contributed by atoms with Gasteiger partial charge in [0, 0.05) is 12.5 Å². The molecule has 13 heavy (non-hydrogen) atoms. The molecule has 0 saturated heterocycles. The van der Waals surface area contributed by atoms with Crippen molar-refractivity contribution in [3.05, 3.63) is 33.9 Å². The first-order valence-corrected chi connectivity index (χ1v) is 4.58. The predicted molar refractivity (Wildman–Crippen MR) is 50.3 cm³/mol. The van der Waals surface area contributed by atoms with Gasteiger partial charge in [0.1, 0.15) is 6.04 Å². The fourth-order valence-corrected chi connectivity index (χ4v) is 1.32. The summed E-state index contributed by atoms with van der Waals surface area (Å²) in [5.74, 6) is 0.701. The lowest BCUT2D eigenvalue weighted by Gasteiger charge is -2.05. The van der Waals surface area contributed by atoms with Crippen molar-refractivity contribution in [2.75, 3.05) is 0 Å². The monoisotopic (exact) mass is 182 g/mol. The smallest absolute Gasteiger partial charge is 0.336 e. The maximum Gasteiger partial charge on any atom is 0.336 e. The molecular weight excluding hydrogens is 166 g/mol. The van der Waals surface area contributed by atoms with Gasteiger partial charge < -0.3 is 10.2 Å². The van der Waals surface area contributed by atoms with E-state index in [4.69, 9.17) is 4.42 Å². The lowest BCUT2D eigenvalue weighted by atomic mass is 10.1. The van der Waals surface area contributed by atoms with E-state index < -0.39 is 0 Å². The van der Waals surface area contributed by atoms with Gasteiger partial charge in [0.15, 0.2) is 5.76 Å². The summed E-state index contributed by atoms with van der Waals surface area (Å²) in [6.07, 6.45) is 2.00. The molecule has 1 aromatic heterocycles. The maximum absolute atomic E-state index is 11.0. The molecule has 1 rings (SSSR count). The lowest BCUT2D eigenvalue weighted by Crippen LogP contribution is -2.53. The average molecular weight is 182 g/mol. The van der Waals surface area contributed by atoms with E-state index in [2.05, 4.69) is 12.7 Å². The van der Waals surface area contributed by atoms with Gasteiger partial charge in [0.2, 0.25) is 0 Å². The van der Waals surface area contributed by atoms with Crippen LogP contribution in [0, 0.1) is 6.92 Å². The molecule has 0 radical (unpaired) electrons. The van der Waals surface area contributed by atoms with Crippen LogP contribution in [0.5, 0.6) is 0 Å². The summed E-state index contributed by atoms with van der Waals surface area (Å²) < 4.78 is 5.05. The Balaban J connectivity index is 2.94. The van der Waals surface area contributed by atoms with Crippen molar-refractivity contribution < 1.29 is 10.2 Å². The van der Waals surface area contributed by atoms with Gasteiger partial charge in [-0.05, 0) is 18.6 Å². The molecule has 0 aliphatic carbocycles. The molecule has 0 spiro atoms. The largest absolute Gasteiger partial charge is 0.421 e. The zero-order valence-electron chi connectivity index (χ0n) is 8.17. The molecule has 1 atom stereocenters. The number of hydrogen-bond donors (Lipinski definition) is 1. The van der Waals surface area contributed by atoms with Gasteiger partial charge in [-0.3, -0.25) is 0 Å². The summed E-state index contributed by atoms with van der Waals surface area (Å²) in [4.78, 5) is 11.0. The lowest BCUT2D eigenvalue weighted by molar-refractivity contribution is -0.432. The van der Waals surface area contributed by atoms with Crippen LogP contribution in [0.3, 0.4) is 0 Å². The molecule has 0 amide bonds. The Morgan fingerprint density at radius 2 is 2.23 bits per heavy atom. The Bertz CT molecular complexity index is 330. The highest BCUT2D eigenvalue weighted by Gasteiger charge is 2.11. The van der Waals surface area contributed by atoms with Crippen molar-refractivity contribution in [3.8, 4) is 0 Å². The van der Waals surface area contributed by atoms with Gasteiger partial charge in [-0.2, -0.15) is 0 Å². The van der Waals surface area contributed by atoms with Gasteiger partial charge in [0.05, 0.1) is 0 Å². The zero-order valence-corrected chi connectivity index (χ0v) is 8.17. The SMILES string of the molecule is CCC[C@@H]([NH3+])c1cc(C)cc(=O)o1. The van der Waals surface area contributed by atoms with Gasteiger partial charge >= 0.3 is 5.63 Å². The van der Waals surface area contributed by atoms with Crippen LogP contribution >= 0.6 is 0 Å². The van der Waals surface area contributed by atoms with Crippen molar-refractivity contribution in [1.82, 2.24) is 0 Å². The first kappa shape index (κ1) is 9.99. The molecule has 0 aliphatic heterocycles. The van der Waals surface area contributed by atoms with E-state index in [0.29, 0.717) is 5.76 Å². The van der Waals surface area contributed by atoms with Crippen LogP contribution in [0.15, 0.2) is 21.3 Å². The third kappa shape index (κ3) is 2.70. The fourth-order valence-electron chi connectivity index (χ4n) is 1.32. The highest BCUT2D eigenvalue weighted by Crippen LogP contribution is 2.12. The van der Waals surface area contributed by atoms with E-state index in [1.807, 2.05) is 13.0 Å². The minimum absolute atomic E-state index is 0.0950. The van der Waals surface area contributed by atoms with Crippen LogP contribution in [0.2, 0.25) is 0 Å². The zero-order chi connectivity index (χ0) is 9.84. The second-order valence-corrected chi connectivity index (χ2v) is 3.34. The third-order valence-electron chi connectivity index (χ3n) is 1.97. The summed E-state index contributed by atoms with van der Waals surface area (Å²) in [6, 6.07) is 3.47. The molecule has 0 saturated carbocycles. The molecule has 3 nitrogen and oxygen atoms in total. The van der Waals surface area contributed by atoms with Crippen molar-refractivity contribution in [1.29, 1.82) is 0 Å². The van der Waals surface area contributed by atoms with Gasteiger partial charge in [-0.15, -0.1) is 0 Å². The van der Waals surface area contributed by atoms with E-state index in [1.54, 1.807) is 0 Å². The Labute approximate surface area is 77.6 Å². The van der Waals surface area contributed by atoms with E-state index in [9.17, 15) is 4.79 Å². The maximum atomic E-state index is 11.0. The van der Waals surface area contributed by atoms with Crippen LogP contribution in [-0.2, 0) is 0 Å². The summed E-state index contributed by atoms with van der Waals surface area (Å²) in [6.45, 7) is 3.98. The fraction of sp³-hybridized carbons (Fsp3) is 0.500. The average Bonchev–Trinajstić information content (AvgIpc) is 2.03. The van der Waals surface area contributed by atoms with Crippen LogP contribution in [0.25, 0.3) is 0 Å². The first-order valence-electron chi connectivity index (χ1n) is 4.58. The number of rotatable bonds is 3. The second-order valence-electron chi connectivity index (χ2n) is 3.34. The standard InChI is InChI=1S/C10H15NO2/c1-3-4-8(11)9-5-7(2)6-10(12)13-9/h5-6,8H,3-4,11H2,1-2H3/p+1/t8-/m1/s1. The molecule has 0 unspecified atom stereocenters. The van der Waals surface area contributed by atoms with Crippen molar-refractivity contribution in [2.24, 2.45) is 0 Å². The highest BCUT2D eigenvalue weighted by atomic mass is 16.4. The molecule has 1 heterocycles. The Morgan fingerprint density at radius 1 is 1.54 bits per heavy atom. The Morgan fingerprint density at radius 3 is 2.77 bits per heavy atom. The first-order chi connectivity index (χ1) is 6.13. The van der Waals surface area contributed by atoms with E-state index in [1.165, 1.54) is 6.07 Å². The topological polar surface area (TPSA) is 57.9 Å². The van der Waals surface area contributed by atoms with Gasteiger partial charge in [-0.1, -0.05) is 13.3 Å². The molecular formula is C10H16NO2+.